The number of ether oxygens (including phenoxy) is 2. The van der Waals surface area contributed by atoms with E-state index in [2.05, 4.69) is 4.98 Å². The van der Waals surface area contributed by atoms with Crippen LogP contribution in [0.1, 0.15) is 58.7 Å². The van der Waals surface area contributed by atoms with Crippen molar-refractivity contribution in [2.75, 3.05) is 40.9 Å². The lowest BCUT2D eigenvalue weighted by atomic mass is 9.94. The standard InChI is InChI=1S/C27H35N3O6/c1-7-14-36-19-11-8-10-18(15-19)23-21(25(32)26(33)30(23)13-9-12-29(4)5)24(31)20-16(2)22(27(34)35-6)28-17(20)3/h8,10-11,15,23,28,31H,7,9,12-14H2,1-6H3. The van der Waals surface area contributed by atoms with E-state index in [4.69, 9.17) is 9.47 Å². The van der Waals surface area contributed by atoms with E-state index >= 15 is 0 Å². The maximum Gasteiger partial charge on any atom is 0.354 e. The first-order valence-corrected chi connectivity index (χ1v) is 12.1. The third kappa shape index (κ3) is 5.31. The van der Waals surface area contributed by atoms with Crippen LogP contribution in [0.15, 0.2) is 29.8 Å². The largest absolute Gasteiger partial charge is 0.507 e. The summed E-state index contributed by atoms with van der Waals surface area (Å²) < 4.78 is 10.6. The van der Waals surface area contributed by atoms with Crippen molar-refractivity contribution in [3.8, 4) is 5.75 Å². The van der Waals surface area contributed by atoms with Gasteiger partial charge in [0.2, 0.25) is 0 Å². The number of likely N-dealkylation sites (tertiary alicyclic amines) is 1. The number of rotatable bonds is 10. The number of benzene rings is 1. The molecule has 1 aliphatic rings. The van der Waals surface area contributed by atoms with Crippen molar-refractivity contribution < 1.29 is 29.0 Å². The number of nitrogens with zero attached hydrogens (tertiary/aromatic N) is 2. The highest BCUT2D eigenvalue weighted by Crippen LogP contribution is 2.41. The molecule has 194 valence electrons. The van der Waals surface area contributed by atoms with E-state index in [1.54, 1.807) is 19.9 Å². The number of hydrogen-bond acceptors (Lipinski definition) is 7. The van der Waals surface area contributed by atoms with Gasteiger partial charge in [-0.05, 0) is 70.6 Å². The number of aliphatic hydroxyl groups is 1. The molecular formula is C27H35N3O6. The number of aliphatic hydroxyl groups excluding tert-OH is 1. The molecule has 2 N–H and O–H groups in total. The van der Waals surface area contributed by atoms with Gasteiger partial charge in [-0.15, -0.1) is 0 Å². The van der Waals surface area contributed by atoms with Crippen molar-refractivity contribution in [1.82, 2.24) is 14.8 Å². The van der Waals surface area contributed by atoms with Gasteiger partial charge in [-0.1, -0.05) is 19.1 Å². The van der Waals surface area contributed by atoms with E-state index in [1.807, 2.05) is 44.1 Å². The van der Waals surface area contributed by atoms with Gasteiger partial charge in [0.05, 0.1) is 25.3 Å². The molecule has 0 aliphatic carbocycles. The van der Waals surface area contributed by atoms with Crippen LogP contribution in [0.25, 0.3) is 5.76 Å². The van der Waals surface area contributed by atoms with Gasteiger partial charge in [-0.2, -0.15) is 0 Å². The summed E-state index contributed by atoms with van der Waals surface area (Å²) >= 11 is 0. The van der Waals surface area contributed by atoms with Crippen LogP contribution in [0.4, 0.5) is 0 Å². The fraction of sp³-hybridized carbons (Fsp3) is 0.444. The van der Waals surface area contributed by atoms with Crippen LogP contribution >= 0.6 is 0 Å². The highest BCUT2D eigenvalue weighted by molar-refractivity contribution is 6.46. The second-order valence-corrected chi connectivity index (χ2v) is 9.19. The van der Waals surface area contributed by atoms with Gasteiger partial charge in [0.25, 0.3) is 11.7 Å². The highest BCUT2D eigenvalue weighted by atomic mass is 16.5. The lowest BCUT2D eigenvalue weighted by Crippen LogP contribution is -2.32. The third-order valence-electron chi connectivity index (χ3n) is 6.25. The van der Waals surface area contributed by atoms with Gasteiger partial charge in [0, 0.05) is 17.8 Å². The number of carbonyl (C=O) groups is 3. The van der Waals surface area contributed by atoms with Crippen LogP contribution in [0.3, 0.4) is 0 Å². The first-order chi connectivity index (χ1) is 17.1. The Morgan fingerprint density at radius 1 is 1.22 bits per heavy atom. The van der Waals surface area contributed by atoms with E-state index < -0.39 is 23.7 Å². The van der Waals surface area contributed by atoms with Crippen molar-refractivity contribution in [3.05, 3.63) is 57.9 Å². The van der Waals surface area contributed by atoms with Crippen LogP contribution in [0.2, 0.25) is 0 Å². The maximum atomic E-state index is 13.3. The molecule has 0 spiro atoms. The molecule has 3 rings (SSSR count). The molecule has 0 radical (unpaired) electrons. The number of nitrogens with one attached hydrogen (secondary N) is 1. The number of carbonyl (C=O) groups excluding carboxylic acids is 3. The first-order valence-electron chi connectivity index (χ1n) is 12.1. The summed E-state index contributed by atoms with van der Waals surface area (Å²) in [4.78, 5) is 45.2. The summed E-state index contributed by atoms with van der Waals surface area (Å²) in [6.07, 6.45) is 1.49. The second-order valence-electron chi connectivity index (χ2n) is 9.19. The third-order valence-corrected chi connectivity index (χ3v) is 6.25. The Bertz CT molecular complexity index is 1180. The Hall–Kier alpha value is -3.59. The summed E-state index contributed by atoms with van der Waals surface area (Å²) in [6, 6.07) is 6.45. The number of methoxy groups -OCH3 is 1. The van der Waals surface area contributed by atoms with Gasteiger partial charge >= 0.3 is 5.97 Å². The van der Waals surface area contributed by atoms with Crippen molar-refractivity contribution in [2.45, 2.75) is 39.7 Å². The molecule has 2 aromatic rings. The number of hydrogen-bond donors (Lipinski definition) is 2. The van der Waals surface area contributed by atoms with Crippen LogP contribution < -0.4 is 4.74 Å². The molecular weight excluding hydrogens is 462 g/mol. The number of H-pyrrole nitrogens is 1. The molecule has 1 amide bonds. The predicted molar refractivity (Wildman–Crippen MR) is 136 cm³/mol. The predicted octanol–water partition coefficient (Wildman–Crippen LogP) is 3.58. The smallest absolute Gasteiger partial charge is 0.354 e. The average molecular weight is 498 g/mol. The minimum Gasteiger partial charge on any atom is -0.507 e. The molecule has 1 aromatic heterocycles. The quantitative estimate of drug-likeness (QED) is 0.223. The van der Waals surface area contributed by atoms with Gasteiger partial charge < -0.3 is 29.4 Å². The summed E-state index contributed by atoms with van der Waals surface area (Å²) in [7, 11) is 5.15. The number of aromatic nitrogens is 1. The summed E-state index contributed by atoms with van der Waals surface area (Å²) in [5.74, 6) is -1.72. The molecule has 9 nitrogen and oxygen atoms in total. The molecule has 2 heterocycles. The topological polar surface area (TPSA) is 112 Å². The SMILES string of the molecule is CCCOc1cccc(C2C(=C(O)c3c(C)[nH]c(C(=O)OC)c3C)C(=O)C(=O)N2CCCN(C)C)c1. The normalized spacial score (nSPS) is 17.2. The average Bonchev–Trinajstić information content (AvgIpc) is 3.29. The number of Topliss-reactive ketones (excluding diaryl/α,β-unsaturated/α-hetero) is 1. The molecule has 1 aliphatic heterocycles. The van der Waals surface area contributed by atoms with Crippen molar-refractivity contribution in [3.63, 3.8) is 0 Å². The van der Waals surface area contributed by atoms with Gasteiger partial charge in [0.15, 0.2) is 0 Å². The van der Waals surface area contributed by atoms with E-state index in [0.717, 1.165) is 13.0 Å². The Balaban J connectivity index is 2.17. The fourth-order valence-electron chi connectivity index (χ4n) is 4.55. The van der Waals surface area contributed by atoms with Crippen molar-refractivity contribution in [1.29, 1.82) is 0 Å². The highest BCUT2D eigenvalue weighted by Gasteiger charge is 2.46. The van der Waals surface area contributed by atoms with Crippen molar-refractivity contribution >= 4 is 23.4 Å². The molecule has 1 aromatic carbocycles. The van der Waals surface area contributed by atoms with E-state index in [9.17, 15) is 19.5 Å². The van der Waals surface area contributed by atoms with Crippen LogP contribution in [-0.4, -0.2) is 78.5 Å². The zero-order valence-corrected chi connectivity index (χ0v) is 21.8. The minimum atomic E-state index is -0.799. The monoisotopic (exact) mass is 497 g/mol. The van der Waals surface area contributed by atoms with E-state index in [1.165, 1.54) is 12.0 Å². The molecule has 9 heteroatoms. The number of aryl methyl sites for hydroxylation is 1. The molecule has 1 unspecified atom stereocenters. The van der Waals surface area contributed by atoms with Crippen molar-refractivity contribution in [2.24, 2.45) is 0 Å². The molecule has 36 heavy (non-hydrogen) atoms. The Morgan fingerprint density at radius 2 is 1.94 bits per heavy atom. The summed E-state index contributed by atoms with van der Waals surface area (Å²) in [6.45, 7) is 6.96. The minimum absolute atomic E-state index is 0.0147. The lowest BCUT2D eigenvalue weighted by molar-refractivity contribution is -0.139. The maximum absolute atomic E-state index is 13.3. The Morgan fingerprint density at radius 3 is 2.58 bits per heavy atom. The molecule has 0 bridgehead atoms. The van der Waals surface area contributed by atoms with Crippen LogP contribution in [0.5, 0.6) is 5.75 Å². The summed E-state index contributed by atoms with van der Waals surface area (Å²) in [5.41, 5.74) is 2.07. The van der Waals surface area contributed by atoms with Gasteiger partial charge in [-0.25, -0.2) is 4.79 Å². The second kappa shape index (κ2) is 11.4. The zero-order valence-electron chi connectivity index (χ0n) is 21.8. The fourth-order valence-corrected chi connectivity index (χ4v) is 4.55. The molecule has 1 saturated heterocycles. The van der Waals surface area contributed by atoms with Crippen LogP contribution in [0, 0.1) is 13.8 Å². The molecule has 0 saturated carbocycles. The summed E-state index contributed by atoms with van der Waals surface area (Å²) in [5, 5.41) is 11.5. The lowest BCUT2D eigenvalue weighted by Gasteiger charge is -2.26. The molecule has 1 atom stereocenters. The number of ketones is 1. The molecule has 1 fully saturated rings. The zero-order chi connectivity index (χ0) is 26.6. The van der Waals surface area contributed by atoms with E-state index in [0.29, 0.717) is 47.7 Å². The van der Waals surface area contributed by atoms with Gasteiger partial charge in [0.1, 0.15) is 17.2 Å². The number of esters is 1. The number of aromatic amines is 1. The van der Waals surface area contributed by atoms with Gasteiger partial charge in [-0.3, -0.25) is 9.59 Å². The first kappa shape index (κ1) is 27.0. The number of amides is 1. The van der Waals surface area contributed by atoms with Crippen LogP contribution in [-0.2, 0) is 14.3 Å². The Kier molecular flexibility index (Phi) is 8.57. The van der Waals surface area contributed by atoms with E-state index in [-0.39, 0.29) is 17.0 Å². The Labute approximate surface area is 211 Å².